The van der Waals surface area contributed by atoms with Crippen LogP contribution >= 0.6 is 0 Å². The van der Waals surface area contributed by atoms with Crippen LogP contribution in [0.5, 0.6) is 0 Å². The van der Waals surface area contributed by atoms with Crippen LogP contribution in [0, 0.1) is 5.92 Å². The van der Waals surface area contributed by atoms with Crippen molar-refractivity contribution in [2.24, 2.45) is 5.92 Å². The topological polar surface area (TPSA) is 66.4 Å². The van der Waals surface area contributed by atoms with Crippen LogP contribution < -0.4 is 4.72 Å². The Kier molecular flexibility index (Phi) is 6.51. The molecule has 0 aromatic carbocycles. The average Bonchev–Trinajstić information content (AvgIpc) is 2.23. The summed E-state index contributed by atoms with van der Waals surface area (Å²) in [5.74, 6) is 0.210. The quantitative estimate of drug-likeness (QED) is 0.687. The lowest BCUT2D eigenvalue weighted by molar-refractivity contribution is 0.0102. The van der Waals surface area contributed by atoms with E-state index in [1.807, 2.05) is 20.8 Å². The van der Waals surface area contributed by atoms with Crippen LogP contribution in [0.4, 0.5) is 0 Å². The highest BCUT2D eigenvalue weighted by atomic mass is 32.2. The van der Waals surface area contributed by atoms with Gasteiger partial charge in [-0.1, -0.05) is 33.6 Å². The zero-order valence-electron chi connectivity index (χ0n) is 10.8. The molecule has 0 rings (SSSR count). The molecular weight excluding hydrogens is 226 g/mol. The van der Waals surface area contributed by atoms with Crippen molar-refractivity contribution in [1.29, 1.82) is 0 Å². The molecule has 0 saturated carbocycles. The molecule has 98 valence electrons. The van der Waals surface area contributed by atoms with Crippen LogP contribution in [0.2, 0.25) is 0 Å². The van der Waals surface area contributed by atoms with Crippen molar-refractivity contribution in [2.45, 2.75) is 52.6 Å². The van der Waals surface area contributed by atoms with E-state index in [0.717, 1.165) is 12.8 Å². The Labute approximate surface area is 99.5 Å². The summed E-state index contributed by atoms with van der Waals surface area (Å²) in [4.78, 5) is 0. The molecule has 0 heterocycles. The third kappa shape index (κ3) is 5.82. The molecule has 0 fully saturated rings. The second-order valence-electron chi connectivity index (χ2n) is 4.66. The summed E-state index contributed by atoms with van der Waals surface area (Å²) in [6.45, 7) is 7.60. The largest absolute Gasteiger partial charge is 0.389 e. The van der Waals surface area contributed by atoms with Crippen LogP contribution in [0.1, 0.15) is 47.0 Å². The van der Waals surface area contributed by atoms with Gasteiger partial charge < -0.3 is 5.11 Å². The van der Waals surface area contributed by atoms with Gasteiger partial charge in [0, 0.05) is 6.54 Å². The predicted molar refractivity (Wildman–Crippen MR) is 66.8 cm³/mol. The van der Waals surface area contributed by atoms with Gasteiger partial charge in [-0.2, -0.15) is 0 Å². The van der Waals surface area contributed by atoms with Crippen molar-refractivity contribution < 1.29 is 13.5 Å². The van der Waals surface area contributed by atoms with Crippen LogP contribution in [-0.2, 0) is 10.0 Å². The van der Waals surface area contributed by atoms with E-state index in [9.17, 15) is 13.5 Å². The van der Waals surface area contributed by atoms with E-state index in [2.05, 4.69) is 4.72 Å². The first kappa shape index (κ1) is 15.9. The Morgan fingerprint density at radius 3 is 2.38 bits per heavy atom. The molecule has 0 aliphatic rings. The summed E-state index contributed by atoms with van der Waals surface area (Å²) in [5, 5.41) is 10.0. The Hall–Kier alpha value is -0.130. The van der Waals surface area contributed by atoms with Gasteiger partial charge in [0.2, 0.25) is 10.0 Å². The predicted octanol–water partition coefficient (Wildman–Crippen LogP) is 1.50. The van der Waals surface area contributed by atoms with Gasteiger partial charge in [0.1, 0.15) is 0 Å². The monoisotopic (exact) mass is 251 g/mol. The van der Waals surface area contributed by atoms with E-state index in [-0.39, 0.29) is 18.2 Å². The Morgan fingerprint density at radius 2 is 1.94 bits per heavy atom. The molecule has 0 amide bonds. The summed E-state index contributed by atoms with van der Waals surface area (Å²) in [6.07, 6.45) is 2.33. The standard InChI is InChI=1S/C11H25NO3S/c1-5-7-8-16(14,15)12-9-11(4,13)10(3)6-2/h10,12-13H,5-9H2,1-4H3/t10-,11-/m1/s1. The Bertz CT molecular complexity index is 286. The molecule has 2 N–H and O–H groups in total. The van der Waals surface area contributed by atoms with Crippen molar-refractivity contribution >= 4 is 10.0 Å². The van der Waals surface area contributed by atoms with E-state index < -0.39 is 15.6 Å². The summed E-state index contributed by atoms with van der Waals surface area (Å²) in [7, 11) is -3.23. The summed E-state index contributed by atoms with van der Waals surface area (Å²) >= 11 is 0. The van der Waals surface area contributed by atoms with Gasteiger partial charge in [0.15, 0.2) is 0 Å². The minimum absolute atomic E-state index is 0.0707. The summed E-state index contributed by atoms with van der Waals surface area (Å²) < 4.78 is 25.5. The number of aliphatic hydroxyl groups is 1. The second-order valence-corrected chi connectivity index (χ2v) is 6.59. The fraction of sp³-hybridized carbons (Fsp3) is 1.00. The lowest BCUT2D eigenvalue weighted by atomic mass is 9.89. The van der Waals surface area contributed by atoms with Crippen molar-refractivity contribution in [1.82, 2.24) is 4.72 Å². The molecule has 2 atom stereocenters. The zero-order chi connectivity index (χ0) is 12.8. The maximum atomic E-state index is 11.5. The fourth-order valence-corrected chi connectivity index (χ4v) is 2.60. The van der Waals surface area contributed by atoms with Gasteiger partial charge in [0.25, 0.3) is 0 Å². The van der Waals surface area contributed by atoms with Crippen LogP contribution in [0.3, 0.4) is 0 Å². The fourth-order valence-electron chi connectivity index (χ4n) is 1.28. The maximum absolute atomic E-state index is 11.5. The third-order valence-electron chi connectivity index (χ3n) is 3.09. The van der Waals surface area contributed by atoms with E-state index in [4.69, 9.17) is 0 Å². The maximum Gasteiger partial charge on any atom is 0.211 e. The van der Waals surface area contributed by atoms with Crippen LogP contribution in [0.25, 0.3) is 0 Å². The number of hydrogen-bond acceptors (Lipinski definition) is 3. The van der Waals surface area contributed by atoms with Crippen molar-refractivity contribution in [2.75, 3.05) is 12.3 Å². The van der Waals surface area contributed by atoms with Crippen molar-refractivity contribution in [3.05, 3.63) is 0 Å². The first-order valence-corrected chi connectivity index (χ1v) is 7.60. The first-order chi connectivity index (χ1) is 7.25. The number of hydrogen-bond donors (Lipinski definition) is 2. The Morgan fingerprint density at radius 1 is 1.38 bits per heavy atom. The number of sulfonamides is 1. The lowest BCUT2D eigenvalue weighted by Gasteiger charge is -2.29. The Balaban J connectivity index is 4.23. The van der Waals surface area contributed by atoms with Gasteiger partial charge >= 0.3 is 0 Å². The van der Waals surface area contributed by atoms with E-state index in [1.54, 1.807) is 6.92 Å². The van der Waals surface area contributed by atoms with E-state index in [1.165, 1.54) is 0 Å². The van der Waals surface area contributed by atoms with Crippen LogP contribution in [-0.4, -0.2) is 31.4 Å². The first-order valence-electron chi connectivity index (χ1n) is 5.95. The molecule has 16 heavy (non-hydrogen) atoms. The highest BCUT2D eigenvalue weighted by Crippen LogP contribution is 2.19. The SMILES string of the molecule is CCCCS(=O)(=O)NC[C@@](C)(O)[C@H](C)CC. The van der Waals surface area contributed by atoms with Crippen LogP contribution in [0.15, 0.2) is 0 Å². The molecule has 0 bridgehead atoms. The molecule has 0 aromatic rings. The lowest BCUT2D eigenvalue weighted by Crippen LogP contribution is -2.45. The number of nitrogens with one attached hydrogen (secondary N) is 1. The third-order valence-corrected chi connectivity index (χ3v) is 4.50. The van der Waals surface area contributed by atoms with Gasteiger partial charge in [0.05, 0.1) is 11.4 Å². The molecule has 0 aromatic heterocycles. The van der Waals surface area contributed by atoms with Gasteiger partial charge in [-0.15, -0.1) is 0 Å². The van der Waals surface area contributed by atoms with E-state index >= 15 is 0 Å². The molecule has 0 aliphatic carbocycles. The average molecular weight is 251 g/mol. The number of rotatable bonds is 8. The molecule has 5 heteroatoms. The summed E-state index contributed by atoms with van der Waals surface area (Å²) in [5.41, 5.74) is -0.978. The molecule has 0 spiro atoms. The molecule has 0 unspecified atom stereocenters. The minimum Gasteiger partial charge on any atom is -0.389 e. The van der Waals surface area contributed by atoms with Gasteiger partial charge in [-0.3, -0.25) is 0 Å². The minimum atomic E-state index is -3.23. The van der Waals surface area contributed by atoms with Crippen molar-refractivity contribution in [3.8, 4) is 0 Å². The van der Waals surface area contributed by atoms with Crippen molar-refractivity contribution in [3.63, 3.8) is 0 Å². The zero-order valence-corrected chi connectivity index (χ0v) is 11.6. The molecular formula is C11H25NO3S. The molecule has 0 radical (unpaired) electrons. The van der Waals surface area contributed by atoms with E-state index in [0.29, 0.717) is 6.42 Å². The normalized spacial score (nSPS) is 18.1. The summed E-state index contributed by atoms with van der Waals surface area (Å²) in [6, 6.07) is 0. The second kappa shape index (κ2) is 6.57. The molecule has 0 saturated heterocycles. The highest BCUT2D eigenvalue weighted by Gasteiger charge is 2.28. The number of unbranched alkanes of at least 4 members (excludes halogenated alkanes) is 1. The smallest absolute Gasteiger partial charge is 0.211 e. The molecule has 4 nitrogen and oxygen atoms in total. The van der Waals surface area contributed by atoms with Gasteiger partial charge in [-0.25, -0.2) is 13.1 Å². The molecule has 0 aliphatic heterocycles. The van der Waals surface area contributed by atoms with Gasteiger partial charge in [-0.05, 0) is 19.3 Å². The highest BCUT2D eigenvalue weighted by molar-refractivity contribution is 7.89.